The van der Waals surface area contributed by atoms with Crippen molar-refractivity contribution >= 4 is 23.2 Å². The second-order valence-electron chi connectivity index (χ2n) is 5.93. The Kier molecular flexibility index (Phi) is 4.43. The molecule has 0 atom stereocenters. The van der Waals surface area contributed by atoms with E-state index in [0.29, 0.717) is 30.2 Å². The van der Waals surface area contributed by atoms with Crippen LogP contribution in [0.4, 0.5) is 5.69 Å². The van der Waals surface area contributed by atoms with Crippen molar-refractivity contribution in [2.45, 2.75) is 13.2 Å². The molecule has 3 aromatic rings. The topological polar surface area (TPSA) is 98.4 Å². The van der Waals surface area contributed by atoms with Crippen LogP contribution in [-0.4, -0.2) is 31.7 Å². The maximum absolute atomic E-state index is 12.6. The highest BCUT2D eigenvalue weighted by Crippen LogP contribution is 2.29. The van der Waals surface area contributed by atoms with Gasteiger partial charge in [0.1, 0.15) is 11.4 Å². The van der Waals surface area contributed by atoms with E-state index in [0.717, 1.165) is 4.57 Å². The summed E-state index contributed by atoms with van der Waals surface area (Å²) in [6.45, 7) is 0.928. The molecule has 9 heteroatoms. The van der Waals surface area contributed by atoms with Crippen molar-refractivity contribution in [2.24, 2.45) is 0 Å². The van der Waals surface area contributed by atoms with Crippen molar-refractivity contribution in [1.29, 1.82) is 0 Å². The summed E-state index contributed by atoms with van der Waals surface area (Å²) in [4.78, 5) is 28.8. The van der Waals surface area contributed by atoms with Crippen LogP contribution in [0.1, 0.15) is 16.2 Å². The lowest BCUT2D eigenvalue weighted by molar-refractivity contribution is 0.0819. The fourth-order valence-electron chi connectivity index (χ4n) is 2.95. The van der Waals surface area contributed by atoms with Gasteiger partial charge < -0.3 is 15.2 Å². The van der Waals surface area contributed by atoms with Crippen molar-refractivity contribution in [3.05, 3.63) is 69.5 Å². The fraction of sp³-hybridized carbons (Fsp3) is 0.167. The lowest BCUT2D eigenvalue weighted by Crippen LogP contribution is -2.28. The zero-order valence-corrected chi connectivity index (χ0v) is 14.8. The fourth-order valence-corrected chi connectivity index (χ4v) is 3.21. The van der Waals surface area contributed by atoms with Gasteiger partial charge in [-0.1, -0.05) is 17.7 Å². The Hall–Kier alpha value is -3.10. The first-order chi connectivity index (χ1) is 13.1. The van der Waals surface area contributed by atoms with E-state index in [2.05, 4.69) is 10.3 Å². The minimum absolute atomic E-state index is 0.157. The van der Waals surface area contributed by atoms with Crippen molar-refractivity contribution in [2.75, 3.05) is 11.9 Å². The van der Waals surface area contributed by atoms with Gasteiger partial charge in [-0.15, -0.1) is 0 Å². The number of anilines is 1. The molecular weight excluding hydrogens is 372 g/mol. The molecule has 1 aliphatic rings. The number of pyridine rings is 1. The normalized spacial score (nSPS) is 13.2. The number of carbonyl (C=O) groups is 1. The predicted octanol–water partition coefficient (Wildman–Crippen LogP) is 2.18. The number of nitrogens with one attached hydrogen (secondary N) is 1. The molecule has 1 aliphatic heterocycles. The van der Waals surface area contributed by atoms with Gasteiger partial charge in [-0.2, -0.15) is 0 Å². The number of halogens is 1. The molecule has 8 nitrogen and oxygen atoms in total. The first-order valence-corrected chi connectivity index (χ1v) is 8.57. The smallest absolute Gasteiger partial charge is 0.336 e. The molecule has 4 rings (SSSR count). The average Bonchev–Trinajstić information content (AvgIpc) is 2.94. The van der Waals surface area contributed by atoms with Gasteiger partial charge in [0, 0.05) is 11.9 Å². The monoisotopic (exact) mass is 386 g/mol. The third-order valence-electron chi connectivity index (χ3n) is 4.26. The summed E-state index contributed by atoms with van der Waals surface area (Å²) < 4.78 is 7.90. The quantitative estimate of drug-likeness (QED) is 0.718. The SMILES string of the molecule is O=C(Nc1ccc(-n2c(O)c3n(c2=O)CCOC3)c(Cl)c1)c1ccccn1. The number of carbonyl (C=O) groups excluding carboxylic acids is 1. The molecule has 138 valence electrons. The molecular formula is C18H15ClN4O4. The minimum atomic E-state index is -0.391. The van der Waals surface area contributed by atoms with E-state index in [-0.39, 0.29) is 29.1 Å². The lowest BCUT2D eigenvalue weighted by atomic mass is 10.2. The van der Waals surface area contributed by atoms with Crippen LogP contribution in [0.5, 0.6) is 5.88 Å². The third kappa shape index (κ3) is 3.09. The summed E-state index contributed by atoms with van der Waals surface area (Å²) >= 11 is 6.32. The average molecular weight is 387 g/mol. The molecule has 0 aliphatic carbocycles. The number of imidazole rings is 1. The Morgan fingerprint density at radius 3 is 2.85 bits per heavy atom. The van der Waals surface area contributed by atoms with E-state index in [4.69, 9.17) is 16.3 Å². The van der Waals surface area contributed by atoms with E-state index >= 15 is 0 Å². The predicted molar refractivity (Wildman–Crippen MR) is 98.5 cm³/mol. The Labute approximate surface area is 158 Å². The van der Waals surface area contributed by atoms with Crippen LogP contribution >= 0.6 is 11.6 Å². The number of ether oxygens (including phenoxy) is 1. The second-order valence-corrected chi connectivity index (χ2v) is 6.34. The van der Waals surface area contributed by atoms with Crippen LogP contribution in [0, 0.1) is 0 Å². The van der Waals surface area contributed by atoms with Crippen LogP contribution in [0.2, 0.25) is 5.02 Å². The highest BCUT2D eigenvalue weighted by atomic mass is 35.5. The number of hydrogen-bond donors (Lipinski definition) is 2. The van der Waals surface area contributed by atoms with Crippen LogP contribution in [0.25, 0.3) is 5.69 Å². The third-order valence-corrected chi connectivity index (χ3v) is 4.56. The molecule has 3 heterocycles. The van der Waals surface area contributed by atoms with Gasteiger partial charge in [-0.3, -0.25) is 14.3 Å². The highest BCUT2D eigenvalue weighted by molar-refractivity contribution is 6.32. The largest absolute Gasteiger partial charge is 0.493 e. The van der Waals surface area contributed by atoms with Crippen molar-refractivity contribution in [3.63, 3.8) is 0 Å². The van der Waals surface area contributed by atoms with Crippen molar-refractivity contribution in [3.8, 4) is 11.6 Å². The molecule has 0 fully saturated rings. The molecule has 0 unspecified atom stereocenters. The van der Waals surface area contributed by atoms with Gasteiger partial charge in [0.2, 0.25) is 5.88 Å². The number of benzene rings is 1. The summed E-state index contributed by atoms with van der Waals surface area (Å²) in [6, 6.07) is 9.69. The zero-order chi connectivity index (χ0) is 19.0. The summed E-state index contributed by atoms with van der Waals surface area (Å²) in [5.41, 5.74) is 1.05. The molecule has 27 heavy (non-hydrogen) atoms. The minimum Gasteiger partial charge on any atom is -0.493 e. The summed E-state index contributed by atoms with van der Waals surface area (Å²) in [5, 5.41) is 13.3. The van der Waals surface area contributed by atoms with Gasteiger partial charge in [-0.25, -0.2) is 9.36 Å². The summed E-state index contributed by atoms with van der Waals surface area (Å²) in [5.74, 6) is -0.581. The lowest BCUT2D eigenvalue weighted by Gasteiger charge is -2.13. The molecule has 0 saturated carbocycles. The number of fused-ring (bicyclic) bond motifs is 1. The maximum Gasteiger partial charge on any atom is 0.336 e. The molecule has 0 saturated heterocycles. The first-order valence-electron chi connectivity index (χ1n) is 8.19. The molecule has 2 N–H and O–H groups in total. The number of amides is 1. The Morgan fingerprint density at radius 1 is 1.30 bits per heavy atom. The van der Waals surface area contributed by atoms with Gasteiger partial charge in [0.25, 0.3) is 5.91 Å². The molecule has 1 amide bonds. The van der Waals surface area contributed by atoms with E-state index in [1.165, 1.54) is 16.8 Å². The van der Waals surface area contributed by atoms with E-state index in [9.17, 15) is 14.7 Å². The van der Waals surface area contributed by atoms with Gasteiger partial charge >= 0.3 is 5.69 Å². The summed E-state index contributed by atoms with van der Waals surface area (Å²) in [6.07, 6.45) is 1.53. The molecule has 1 aromatic carbocycles. The Balaban J connectivity index is 1.66. The number of hydrogen-bond acceptors (Lipinski definition) is 5. The Morgan fingerprint density at radius 2 is 2.15 bits per heavy atom. The van der Waals surface area contributed by atoms with Gasteiger partial charge in [-0.05, 0) is 30.3 Å². The second kappa shape index (κ2) is 6.90. The molecule has 2 aromatic heterocycles. The van der Waals surface area contributed by atoms with Crippen LogP contribution < -0.4 is 11.0 Å². The van der Waals surface area contributed by atoms with Crippen LogP contribution in [0.3, 0.4) is 0 Å². The Bertz CT molecular complexity index is 1070. The number of rotatable bonds is 3. The van der Waals surface area contributed by atoms with Gasteiger partial charge in [0.05, 0.1) is 30.5 Å². The molecule has 0 spiro atoms. The number of aromatic hydroxyl groups is 1. The standard InChI is InChI=1S/C18H15ClN4O4/c19-12-9-11(21-16(24)13-3-1-2-6-20-13)4-5-14(12)23-17(25)15-10-27-8-7-22(15)18(23)26/h1-6,9,25H,7-8,10H2,(H,21,24). The van der Waals surface area contributed by atoms with E-state index in [1.54, 1.807) is 30.3 Å². The number of nitrogens with zero attached hydrogens (tertiary/aromatic N) is 3. The van der Waals surface area contributed by atoms with Crippen molar-refractivity contribution < 1.29 is 14.6 Å². The van der Waals surface area contributed by atoms with Gasteiger partial charge in [0.15, 0.2) is 0 Å². The molecule has 0 bridgehead atoms. The molecule has 0 radical (unpaired) electrons. The highest BCUT2D eigenvalue weighted by Gasteiger charge is 2.24. The van der Waals surface area contributed by atoms with Crippen LogP contribution in [-0.2, 0) is 17.9 Å². The van der Waals surface area contributed by atoms with E-state index in [1.807, 2.05) is 0 Å². The number of aromatic nitrogens is 3. The maximum atomic E-state index is 12.6. The van der Waals surface area contributed by atoms with Crippen LogP contribution in [0.15, 0.2) is 47.4 Å². The van der Waals surface area contributed by atoms with E-state index < -0.39 is 5.69 Å². The first kappa shape index (κ1) is 17.3. The summed E-state index contributed by atoms with van der Waals surface area (Å²) in [7, 11) is 0. The zero-order valence-electron chi connectivity index (χ0n) is 14.1. The van der Waals surface area contributed by atoms with Crippen molar-refractivity contribution in [1.82, 2.24) is 14.1 Å².